The van der Waals surface area contributed by atoms with Crippen molar-refractivity contribution in [3.05, 3.63) is 35.9 Å². The van der Waals surface area contributed by atoms with Crippen LogP contribution in [-0.2, 0) is 16.1 Å². The number of hydrogen-bond donors (Lipinski definition) is 1. The van der Waals surface area contributed by atoms with E-state index in [4.69, 9.17) is 9.47 Å². The van der Waals surface area contributed by atoms with Crippen molar-refractivity contribution >= 4 is 0 Å². The molecule has 102 valence electrons. The molecule has 1 unspecified atom stereocenters. The second-order valence-electron chi connectivity index (χ2n) is 4.88. The Labute approximate surface area is 110 Å². The van der Waals surface area contributed by atoms with Crippen molar-refractivity contribution in [2.24, 2.45) is 0 Å². The molecule has 0 saturated carbocycles. The Morgan fingerprint density at radius 2 is 1.78 bits per heavy atom. The quantitative estimate of drug-likeness (QED) is 0.687. The molecule has 0 aromatic heterocycles. The van der Waals surface area contributed by atoms with Gasteiger partial charge in [0.05, 0.1) is 19.8 Å². The summed E-state index contributed by atoms with van der Waals surface area (Å²) in [5, 5.41) is 10.0. The Morgan fingerprint density at radius 3 is 2.44 bits per heavy atom. The van der Waals surface area contributed by atoms with Gasteiger partial charge in [-0.25, -0.2) is 0 Å². The molecule has 1 aromatic rings. The van der Waals surface area contributed by atoms with E-state index < -0.39 is 5.60 Å². The molecule has 0 aliphatic heterocycles. The van der Waals surface area contributed by atoms with Gasteiger partial charge in [-0.3, -0.25) is 0 Å². The summed E-state index contributed by atoms with van der Waals surface area (Å²) >= 11 is 0. The zero-order valence-corrected chi connectivity index (χ0v) is 11.4. The highest BCUT2D eigenvalue weighted by Crippen LogP contribution is 2.08. The van der Waals surface area contributed by atoms with Crippen LogP contribution >= 0.6 is 0 Å². The first-order chi connectivity index (χ1) is 8.64. The molecule has 0 bridgehead atoms. The predicted molar refractivity (Wildman–Crippen MR) is 72.4 cm³/mol. The van der Waals surface area contributed by atoms with E-state index in [9.17, 15) is 5.11 Å². The topological polar surface area (TPSA) is 38.7 Å². The Hall–Kier alpha value is -0.900. The van der Waals surface area contributed by atoms with Gasteiger partial charge in [-0.1, -0.05) is 43.7 Å². The summed E-state index contributed by atoms with van der Waals surface area (Å²) < 4.78 is 10.9. The number of aliphatic hydroxyl groups is 1. The van der Waals surface area contributed by atoms with Gasteiger partial charge in [0.25, 0.3) is 0 Å². The van der Waals surface area contributed by atoms with E-state index in [1.54, 1.807) is 6.92 Å². The van der Waals surface area contributed by atoms with E-state index in [1.807, 2.05) is 30.3 Å². The summed E-state index contributed by atoms with van der Waals surface area (Å²) in [6, 6.07) is 9.94. The molecular formula is C15H24O3. The van der Waals surface area contributed by atoms with Gasteiger partial charge < -0.3 is 14.6 Å². The van der Waals surface area contributed by atoms with Crippen LogP contribution < -0.4 is 0 Å². The summed E-state index contributed by atoms with van der Waals surface area (Å²) in [5.41, 5.74) is 0.197. The Kier molecular flexibility index (Phi) is 6.94. The largest absolute Gasteiger partial charge is 0.385 e. The first-order valence-corrected chi connectivity index (χ1v) is 6.56. The summed E-state index contributed by atoms with van der Waals surface area (Å²) in [6.45, 7) is 5.68. The molecule has 3 nitrogen and oxygen atoms in total. The van der Waals surface area contributed by atoms with Crippen molar-refractivity contribution in [2.45, 2.75) is 38.9 Å². The maximum absolute atomic E-state index is 10.0. The zero-order chi connectivity index (χ0) is 13.3. The molecular weight excluding hydrogens is 228 g/mol. The van der Waals surface area contributed by atoms with Crippen molar-refractivity contribution in [1.29, 1.82) is 0 Å². The molecule has 0 radical (unpaired) electrons. The number of benzene rings is 1. The molecule has 1 aromatic carbocycles. The second-order valence-corrected chi connectivity index (χ2v) is 4.88. The van der Waals surface area contributed by atoms with Crippen LogP contribution in [0.25, 0.3) is 0 Å². The average molecular weight is 252 g/mol. The van der Waals surface area contributed by atoms with Gasteiger partial charge >= 0.3 is 0 Å². The van der Waals surface area contributed by atoms with Gasteiger partial charge in [-0.05, 0) is 18.9 Å². The van der Waals surface area contributed by atoms with E-state index in [1.165, 1.54) is 0 Å². The van der Waals surface area contributed by atoms with E-state index in [2.05, 4.69) is 6.92 Å². The minimum atomic E-state index is -0.914. The third-order valence-electron chi connectivity index (χ3n) is 2.58. The van der Waals surface area contributed by atoms with Crippen LogP contribution in [0.2, 0.25) is 0 Å². The molecule has 1 N–H and O–H groups in total. The average Bonchev–Trinajstić information content (AvgIpc) is 2.36. The fourth-order valence-corrected chi connectivity index (χ4v) is 1.54. The monoisotopic (exact) mass is 252 g/mol. The lowest BCUT2D eigenvalue weighted by Crippen LogP contribution is -2.36. The van der Waals surface area contributed by atoms with Crippen molar-refractivity contribution < 1.29 is 14.6 Å². The molecule has 3 heteroatoms. The molecule has 0 aliphatic rings. The van der Waals surface area contributed by atoms with Crippen LogP contribution in [0.4, 0.5) is 0 Å². The summed E-state index contributed by atoms with van der Waals surface area (Å²) in [5.74, 6) is 0. The van der Waals surface area contributed by atoms with Gasteiger partial charge in [0.1, 0.15) is 5.60 Å². The Morgan fingerprint density at radius 1 is 1.11 bits per heavy atom. The van der Waals surface area contributed by atoms with Crippen LogP contribution in [0.5, 0.6) is 0 Å². The molecule has 0 aliphatic carbocycles. The van der Waals surface area contributed by atoms with E-state index in [0.29, 0.717) is 19.8 Å². The molecule has 0 amide bonds. The third-order valence-corrected chi connectivity index (χ3v) is 2.58. The second kappa shape index (κ2) is 8.25. The van der Waals surface area contributed by atoms with Crippen molar-refractivity contribution in [3.63, 3.8) is 0 Å². The highest BCUT2D eigenvalue weighted by atomic mass is 16.5. The molecule has 18 heavy (non-hydrogen) atoms. The minimum absolute atomic E-state index is 0.286. The third kappa shape index (κ3) is 6.74. The fraction of sp³-hybridized carbons (Fsp3) is 0.600. The van der Waals surface area contributed by atoms with Crippen LogP contribution in [0.3, 0.4) is 0 Å². The fourth-order valence-electron chi connectivity index (χ4n) is 1.54. The van der Waals surface area contributed by atoms with E-state index in [-0.39, 0.29) is 6.61 Å². The SMILES string of the molecule is CCCCOCC(C)(O)COCc1ccccc1. The van der Waals surface area contributed by atoms with Crippen molar-refractivity contribution in [1.82, 2.24) is 0 Å². The van der Waals surface area contributed by atoms with Crippen LogP contribution in [0.15, 0.2) is 30.3 Å². The lowest BCUT2D eigenvalue weighted by Gasteiger charge is -2.23. The zero-order valence-electron chi connectivity index (χ0n) is 11.4. The maximum Gasteiger partial charge on any atom is 0.108 e. The van der Waals surface area contributed by atoms with E-state index in [0.717, 1.165) is 18.4 Å². The molecule has 0 heterocycles. The van der Waals surface area contributed by atoms with Gasteiger partial charge in [0.2, 0.25) is 0 Å². The smallest absolute Gasteiger partial charge is 0.108 e. The molecule has 0 spiro atoms. The highest BCUT2D eigenvalue weighted by Gasteiger charge is 2.20. The molecule has 0 saturated heterocycles. The number of unbranched alkanes of at least 4 members (excludes halogenated alkanes) is 1. The van der Waals surface area contributed by atoms with Gasteiger partial charge in [-0.15, -0.1) is 0 Å². The summed E-state index contributed by atoms with van der Waals surface area (Å²) in [7, 11) is 0. The number of hydrogen-bond acceptors (Lipinski definition) is 3. The summed E-state index contributed by atoms with van der Waals surface area (Å²) in [4.78, 5) is 0. The van der Waals surface area contributed by atoms with Crippen LogP contribution in [0.1, 0.15) is 32.3 Å². The number of ether oxygens (including phenoxy) is 2. The molecule has 0 fully saturated rings. The minimum Gasteiger partial charge on any atom is -0.385 e. The van der Waals surface area contributed by atoms with Gasteiger partial charge in [-0.2, -0.15) is 0 Å². The lowest BCUT2D eigenvalue weighted by atomic mass is 10.1. The maximum atomic E-state index is 10.0. The lowest BCUT2D eigenvalue weighted by molar-refractivity contribution is -0.0880. The van der Waals surface area contributed by atoms with Crippen molar-refractivity contribution in [2.75, 3.05) is 19.8 Å². The Bertz CT molecular complexity index is 309. The van der Waals surface area contributed by atoms with Crippen LogP contribution in [-0.4, -0.2) is 30.5 Å². The van der Waals surface area contributed by atoms with E-state index >= 15 is 0 Å². The standard InChI is InChI=1S/C15H24O3/c1-3-4-10-17-12-15(2,16)13-18-11-14-8-6-5-7-9-14/h5-9,16H,3-4,10-13H2,1-2H3. The number of rotatable bonds is 9. The predicted octanol–water partition coefficient (Wildman–Crippen LogP) is 2.77. The molecule has 1 atom stereocenters. The summed E-state index contributed by atoms with van der Waals surface area (Å²) in [6.07, 6.45) is 2.13. The van der Waals surface area contributed by atoms with Crippen LogP contribution in [0, 0.1) is 0 Å². The van der Waals surface area contributed by atoms with Gasteiger partial charge in [0.15, 0.2) is 0 Å². The highest BCUT2D eigenvalue weighted by molar-refractivity contribution is 5.13. The van der Waals surface area contributed by atoms with Crippen molar-refractivity contribution in [3.8, 4) is 0 Å². The van der Waals surface area contributed by atoms with Gasteiger partial charge in [0, 0.05) is 6.61 Å². The molecule has 1 rings (SSSR count). The first kappa shape index (κ1) is 15.2. The normalized spacial score (nSPS) is 14.4. The Balaban J connectivity index is 2.16. The first-order valence-electron chi connectivity index (χ1n) is 6.56.